The fraction of sp³-hybridized carbons (Fsp3) is 0.857. The summed E-state index contributed by atoms with van der Waals surface area (Å²) in [5.41, 5.74) is -0.843. The molecule has 5 heteroatoms. The Labute approximate surface area is 114 Å². The van der Waals surface area contributed by atoms with Gasteiger partial charge in [-0.25, -0.2) is 0 Å². The van der Waals surface area contributed by atoms with E-state index in [2.05, 4.69) is 6.07 Å². The molecule has 1 aliphatic carbocycles. The third kappa shape index (κ3) is 2.75. The summed E-state index contributed by atoms with van der Waals surface area (Å²) in [5.74, 6) is -0.0658. The predicted molar refractivity (Wildman–Crippen MR) is 69.1 cm³/mol. The smallest absolute Gasteiger partial charge is 0.243 e. The highest BCUT2D eigenvalue weighted by molar-refractivity contribution is 5.86. The topological polar surface area (TPSA) is 73.6 Å². The molecule has 1 aliphatic heterocycles. The minimum Gasteiger partial charge on any atom is -0.394 e. The fourth-order valence-corrected chi connectivity index (χ4v) is 3.01. The van der Waals surface area contributed by atoms with Crippen LogP contribution < -0.4 is 0 Å². The zero-order valence-electron chi connectivity index (χ0n) is 11.5. The van der Waals surface area contributed by atoms with Crippen LogP contribution in [0.1, 0.15) is 39.0 Å². The molecule has 2 unspecified atom stereocenters. The van der Waals surface area contributed by atoms with Crippen LogP contribution in [0.25, 0.3) is 0 Å². The van der Waals surface area contributed by atoms with Gasteiger partial charge in [0.05, 0.1) is 31.4 Å². The Morgan fingerprint density at radius 2 is 2.16 bits per heavy atom. The third-order valence-electron chi connectivity index (χ3n) is 4.30. The Morgan fingerprint density at radius 3 is 2.74 bits per heavy atom. The van der Waals surface area contributed by atoms with E-state index in [0.717, 1.165) is 19.3 Å². The van der Waals surface area contributed by atoms with Gasteiger partial charge in [-0.3, -0.25) is 4.79 Å². The highest BCUT2D eigenvalue weighted by Gasteiger charge is 2.45. The normalized spacial score (nSPS) is 30.7. The largest absolute Gasteiger partial charge is 0.394 e. The summed E-state index contributed by atoms with van der Waals surface area (Å²) in [5, 5.41) is 18.7. The molecule has 2 rings (SSSR count). The van der Waals surface area contributed by atoms with Crippen LogP contribution in [-0.2, 0) is 9.53 Å². The highest BCUT2D eigenvalue weighted by atomic mass is 16.5. The Bertz CT molecular complexity index is 371. The van der Waals surface area contributed by atoms with Gasteiger partial charge < -0.3 is 14.7 Å². The molecule has 2 aliphatic rings. The van der Waals surface area contributed by atoms with Crippen molar-refractivity contribution in [1.82, 2.24) is 4.90 Å². The summed E-state index contributed by atoms with van der Waals surface area (Å²) in [4.78, 5) is 14.5. The number of aliphatic hydroxyl groups excluding tert-OH is 1. The van der Waals surface area contributed by atoms with Crippen LogP contribution in [0.15, 0.2) is 0 Å². The van der Waals surface area contributed by atoms with E-state index in [1.165, 1.54) is 0 Å². The van der Waals surface area contributed by atoms with Gasteiger partial charge in [0.25, 0.3) is 0 Å². The molecule has 0 bridgehead atoms. The lowest BCUT2D eigenvalue weighted by Gasteiger charge is -2.42. The van der Waals surface area contributed by atoms with Gasteiger partial charge in [-0.15, -0.1) is 0 Å². The molecule has 1 heterocycles. The number of ether oxygens (including phenoxy) is 1. The molecule has 0 aromatic rings. The number of nitriles is 1. The van der Waals surface area contributed by atoms with E-state index in [1.807, 2.05) is 6.92 Å². The number of carbonyl (C=O) groups is 1. The maximum Gasteiger partial charge on any atom is 0.243 e. The zero-order chi connectivity index (χ0) is 13.9. The van der Waals surface area contributed by atoms with Crippen LogP contribution in [0.4, 0.5) is 0 Å². The van der Waals surface area contributed by atoms with Crippen LogP contribution in [-0.4, -0.2) is 47.8 Å². The van der Waals surface area contributed by atoms with Gasteiger partial charge in [-0.2, -0.15) is 5.26 Å². The third-order valence-corrected chi connectivity index (χ3v) is 4.30. The first-order valence-electron chi connectivity index (χ1n) is 7.08. The van der Waals surface area contributed by atoms with E-state index in [-0.39, 0.29) is 24.7 Å². The SMILES string of the molecule is CC1COC(CO)CN1C(=O)C1(C#N)CCCCC1. The molecular weight excluding hydrogens is 244 g/mol. The van der Waals surface area contributed by atoms with Crippen molar-refractivity contribution in [1.29, 1.82) is 5.26 Å². The first-order valence-corrected chi connectivity index (χ1v) is 7.08. The second-order valence-corrected chi connectivity index (χ2v) is 5.70. The van der Waals surface area contributed by atoms with Crippen molar-refractivity contribution in [3.8, 4) is 6.07 Å². The van der Waals surface area contributed by atoms with Crippen LogP contribution >= 0.6 is 0 Å². The zero-order valence-corrected chi connectivity index (χ0v) is 11.5. The quantitative estimate of drug-likeness (QED) is 0.811. The summed E-state index contributed by atoms with van der Waals surface area (Å²) < 4.78 is 5.45. The van der Waals surface area contributed by atoms with Crippen molar-refractivity contribution in [2.45, 2.75) is 51.2 Å². The Hall–Kier alpha value is -1.12. The molecule has 0 spiro atoms. The van der Waals surface area contributed by atoms with E-state index < -0.39 is 5.41 Å². The number of nitrogens with zero attached hydrogens (tertiary/aromatic N) is 2. The van der Waals surface area contributed by atoms with Crippen LogP contribution in [0.2, 0.25) is 0 Å². The fourth-order valence-electron chi connectivity index (χ4n) is 3.01. The van der Waals surface area contributed by atoms with Gasteiger partial charge in [0, 0.05) is 6.54 Å². The molecule has 0 aromatic heterocycles. The second kappa shape index (κ2) is 5.89. The lowest BCUT2D eigenvalue weighted by atomic mass is 9.74. The van der Waals surface area contributed by atoms with Crippen LogP contribution in [0.5, 0.6) is 0 Å². The van der Waals surface area contributed by atoms with Crippen molar-refractivity contribution >= 4 is 5.91 Å². The predicted octanol–water partition coefficient (Wildman–Crippen LogP) is 1.07. The van der Waals surface area contributed by atoms with Gasteiger partial charge in [0.15, 0.2) is 0 Å². The lowest BCUT2D eigenvalue weighted by molar-refractivity contribution is -0.155. The number of aliphatic hydroxyl groups is 1. The lowest BCUT2D eigenvalue weighted by Crippen LogP contribution is -2.56. The van der Waals surface area contributed by atoms with E-state index in [9.17, 15) is 15.2 Å². The van der Waals surface area contributed by atoms with Crippen molar-refractivity contribution in [2.24, 2.45) is 5.41 Å². The monoisotopic (exact) mass is 266 g/mol. The van der Waals surface area contributed by atoms with E-state index in [4.69, 9.17) is 4.74 Å². The van der Waals surface area contributed by atoms with E-state index in [0.29, 0.717) is 26.0 Å². The molecule has 1 N–H and O–H groups in total. The minimum absolute atomic E-state index is 0.0255. The maximum absolute atomic E-state index is 12.7. The minimum atomic E-state index is -0.843. The molecule has 5 nitrogen and oxygen atoms in total. The molecule has 2 atom stereocenters. The summed E-state index contributed by atoms with van der Waals surface area (Å²) in [6.07, 6.45) is 4.00. The first-order chi connectivity index (χ1) is 9.13. The second-order valence-electron chi connectivity index (χ2n) is 5.70. The van der Waals surface area contributed by atoms with Gasteiger partial charge in [-0.05, 0) is 19.8 Å². The Morgan fingerprint density at radius 1 is 1.47 bits per heavy atom. The number of hydrogen-bond acceptors (Lipinski definition) is 4. The van der Waals surface area contributed by atoms with Gasteiger partial charge in [-0.1, -0.05) is 19.3 Å². The number of rotatable bonds is 2. The number of carbonyl (C=O) groups excluding carboxylic acids is 1. The van der Waals surface area contributed by atoms with Crippen molar-refractivity contribution < 1.29 is 14.6 Å². The van der Waals surface area contributed by atoms with Crippen molar-refractivity contribution in [2.75, 3.05) is 19.8 Å². The van der Waals surface area contributed by atoms with Gasteiger partial charge in [0.2, 0.25) is 5.91 Å². The molecule has 1 saturated carbocycles. The van der Waals surface area contributed by atoms with E-state index in [1.54, 1.807) is 4.90 Å². The van der Waals surface area contributed by atoms with Crippen molar-refractivity contribution in [3.05, 3.63) is 0 Å². The maximum atomic E-state index is 12.7. The Balaban J connectivity index is 2.14. The van der Waals surface area contributed by atoms with Gasteiger partial charge >= 0.3 is 0 Å². The molecule has 0 radical (unpaired) electrons. The molecule has 1 amide bonds. The summed E-state index contributed by atoms with van der Waals surface area (Å²) in [6.45, 7) is 2.66. The summed E-state index contributed by atoms with van der Waals surface area (Å²) >= 11 is 0. The average Bonchev–Trinajstić information content (AvgIpc) is 2.47. The van der Waals surface area contributed by atoms with Crippen LogP contribution in [0, 0.1) is 16.7 Å². The Kier molecular flexibility index (Phi) is 4.43. The molecule has 2 fully saturated rings. The molecule has 106 valence electrons. The highest BCUT2D eigenvalue weighted by Crippen LogP contribution is 2.38. The summed E-state index contributed by atoms with van der Waals surface area (Å²) in [6, 6.07) is 2.25. The number of morpholine rings is 1. The first kappa shape index (κ1) is 14.3. The number of hydrogen-bond donors (Lipinski definition) is 1. The van der Waals surface area contributed by atoms with E-state index >= 15 is 0 Å². The standard InChI is InChI=1S/C14H22N2O3/c1-11-9-19-12(8-17)7-16(11)13(18)14(10-15)5-3-2-4-6-14/h11-12,17H,2-9H2,1H3. The average molecular weight is 266 g/mol. The molecule has 0 aromatic carbocycles. The van der Waals surface area contributed by atoms with Crippen molar-refractivity contribution in [3.63, 3.8) is 0 Å². The molecular formula is C14H22N2O3. The number of amides is 1. The van der Waals surface area contributed by atoms with Crippen LogP contribution in [0.3, 0.4) is 0 Å². The molecule has 1 saturated heterocycles. The summed E-state index contributed by atoms with van der Waals surface area (Å²) in [7, 11) is 0. The molecule has 19 heavy (non-hydrogen) atoms. The van der Waals surface area contributed by atoms with Gasteiger partial charge in [0.1, 0.15) is 5.41 Å².